The van der Waals surface area contributed by atoms with Crippen LogP contribution in [0.2, 0.25) is 0 Å². The van der Waals surface area contributed by atoms with Crippen LogP contribution in [0.25, 0.3) is 0 Å². The van der Waals surface area contributed by atoms with Crippen LogP contribution >= 0.6 is 11.8 Å². The summed E-state index contributed by atoms with van der Waals surface area (Å²) in [6.07, 6.45) is 0.518. The number of carbonyl (C=O) groups is 2. The van der Waals surface area contributed by atoms with Crippen LogP contribution in [-0.4, -0.2) is 39.9 Å². The minimum atomic E-state index is -0.955. The monoisotopic (exact) mass is 208 g/mol. The second-order valence-electron chi connectivity index (χ2n) is 2.19. The van der Waals surface area contributed by atoms with E-state index in [1.165, 1.54) is 0 Å². The molecule has 1 atom stereocenters. The Morgan fingerprint density at radius 3 is 2.54 bits per heavy atom. The van der Waals surface area contributed by atoms with Crippen molar-refractivity contribution in [2.75, 3.05) is 12.4 Å². The van der Waals surface area contributed by atoms with Crippen molar-refractivity contribution in [3.63, 3.8) is 0 Å². The van der Waals surface area contributed by atoms with E-state index in [-0.39, 0.29) is 5.75 Å². The molecule has 0 amide bonds. The molecule has 0 fully saturated rings. The van der Waals surface area contributed by atoms with Crippen LogP contribution < -0.4 is 0 Å². The summed E-state index contributed by atoms with van der Waals surface area (Å²) in [5, 5.41) is 16.7. The highest BCUT2D eigenvalue weighted by Crippen LogP contribution is 2.15. The average molecular weight is 208 g/mol. The summed E-state index contributed by atoms with van der Waals surface area (Å²) < 4.78 is 4.71. The van der Waals surface area contributed by atoms with E-state index >= 15 is 0 Å². The number of ether oxygens (including phenoxy) is 1. The predicted octanol–water partition coefficient (Wildman–Crippen LogP) is 0.0758. The highest BCUT2D eigenvalue weighted by Gasteiger charge is 2.13. The fourth-order valence-corrected chi connectivity index (χ4v) is 1.32. The number of thioether (sulfide) groups is 1. The van der Waals surface area contributed by atoms with Crippen LogP contribution in [0.3, 0.4) is 0 Å². The van der Waals surface area contributed by atoms with E-state index in [2.05, 4.69) is 0 Å². The Kier molecular flexibility index (Phi) is 6.34. The number of carboxylic acids is 1. The molecule has 2 N–H and O–H groups in total. The topological polar surface area (TPSA) is 83.8 Å². The molecule has 0 heterocycles. The van der Waals surface area contributed by atoms with Gasteiger partial charge in [-0.1, -0.05) is 6.92 Å². The van der Waals surface area contributed by atoms with Crippen molar-refractivity contribution in [1.29, 1.82) is 0 Å². The number of carbonyl (C=O) groups excluding carboxylic acids is 1. The fraction of sp³-hybridized carbons (Fsp3) is 0.714. The van der Waals surface area contributed by atoms with Crippen molar-refractivity contribution in [2.24, 2.45) is 0 Å². The molecule has 0 aliphatic rings. The van der Waals surface area contributed by atoms with Gasteiger partial charge < -0.3 is 14.9 Å². The van der Waals surface area contributed by atoms with Gasteiger partial charge in [-0.25, -0.2) is 4.79 Å². The minimum Gasteiger partial charge on any atom is -0.481 e. The molecule has 5 nitrogen and oxygen atoms in total. The summed E-state index contributed by atoms with van der Waals surface area (Å²) in [5.41, 5.74) is -0.490. The summed E-state index contributed by atoms with van der Waals surface area (Å²) in [6, 6.07) is 0. The van der Waals surface area contributed by atoms with Crippen LogP contribution in [0.15, 0.2) is 0 Å². The van der Waals surface area contributed by atoms with E-state index in [9.17, 15) is 9.59 Å². The zero-order valence-electron chi connectivity index (χ0n) is 7.23. The Bertz CT molecular complexity index is 182. The fourth-order valence-electron chi connectivity index (χ4n) is 0.583. The summed E-state index contributed by atoms with van der Waals surface area (Å²) >= 11 is 1.02. The summed E-state index contributed by atoms with van der Waals surface area (Å²) in [6.45, 7) is 1.09. The first-order chi connectivity index (χ1) is 6.10. The van der Waals surface area contributed by atoms with Gasteiger partial charge in [0.1, 0.15) is 12.0 Å². The summed E-state index contributed by atoms with van der Waals surface area (Å²) in [5.74, 6) is -1.80. The normalized spacial score (nSPS) is 12.2. The second-order valence-corrected chi connectivity index (χ2v) is 3.34. The van der Waals surface area contributed by atoms with Crippen molar-refractivity contribution in [1.82, 2.24) is 0 Å². The molecule has 0 saturated heterocycles. The lowest BCUT2D eigenvalue weighted by molar-refractivity contribution is -0.148. The van der Waals surface area contributed by atoms with Gasteiger partial charge >= 0.3 is 11.9 Å². The number of aliphatic hydroxyl groups is 1. The third kappa shape index (κ3) is 6.41. The lowest BCUT2D eigenvalue weighted by Gasteiger charge is -2.13. The number of aliphatic carboxylic acids is 1. The Labute approximate surface area is 80.1 Å². The number of esters is 1. The Hall–Kier alpha value is -0.750. The van der Waals surface area contributed by atoms with Crippen molar-refractivity contribution in [3.05, 3.63) is 0 Å². The SMILES string of the molecule is CCC(OC(=O)CO)SCC(=O)O. The van der Waals surface area contributed by atoms with Crippen LogP contribution in [0, 0.1) is 0 Å². The maximum absolute atomic E-state index is 10.6. The molecule has 13 heavy (non-hydrogen) atoms. The van der Waals surface area contributed by atoms with Crippen molar-refractivity contribution >= 4 is 23.7 Å². The maximum Gasteiger partial charge on any atom is 0.332 e. The lowest BCUT2D eigenvalue weighted by atomic mass is 10.5. The van der Waals surface area contributed by atoms with Gasteiger partial charge in [-0.15, -0.1) is 11.8 Å². The van der Waals surface area contributed by atoms with Gasteiger partial charge in [0.15, 0.2) is 0 Å². The Morgan fingerprint density at radius 2 is 2.15 bits per heavy atom. The zero-order valence-corrected chi connectivity index (χ0v) is 8.04. The van der Waals surface area contributed by atoms with Crippen LogP contribution in [0.1, 0.15) is 13.3 Å². The highest BCUT2D eigenvalue weighted by atomic mass is 32.2. The molecular formula is C7H12O5S. The Morgan fingerprint density at radius 1 is 1.54 bits per heavy atom. The van der Waals surface area contributed by atoms with Crippen molar-refractivity contribution < 1.29 is 24.5 Å². The number of hydrogen-bond acceptors (Lipinski definition) is 5. The lowest BCUT2D eigenvalue weighted by Crippen LogP contribution is -2.18. The molecular weight excluding hydrogens is 196 g/mol. The molecule has 76 valence electrons. The standard InChI is InChI=1S/C7H12O5S/c1-2-7(12-6(11)3-8)13-4-5(9)10/h7-8H,2-4H2,1H3,(H,9,10). The van der Waals surface area contributed by atoms with E-state index in [4.69, 9.17) is 14.9 Å². The summed E-state index contributed by atoms with van der Waals surface area (Å²) in [7, 11) is 0. The van der Waals surface area contributed by atoms with Crippen molar-refractivity contribution in [3.8, 4) is 0 Å². The number of hydrogen-bond donors (Lipinski definition) is 2. The van der Waals surface area contributed by atoms with Crippen LogP contribution in [0.4, 0.5) is 0 Å². The third-order valence-electron chi connectivity index (χ3n) is 1.12. The molecule has 0 aliphatic heterocycles. The summed E-state index contributed by atoms with van der Waals surface area (Å²) in [4.78, 5) is 20.8. The Balaban J connectivity index is 3.75. The molecule has 0 radical (unpaired) electrons. The molecule has 0 spiro atoms. The van der Waals surface area contributed by atoms with Gasteiger partial charge in [-0.05, 0) is 6.42 Å². The third-order valence-corrected chi connectivity index (χ3v) is 2.33. The predicted molar refractivity (Wildman–Crippen MR) is 47.4 cm³/mol. The smallest absolute Gasteiger partial charge is 0.332 e. The van der Waals surface area contributed by atoms with Crippen LogP contribution in [0.5, 0.6) is 0 Å². The molecule has 0 aromatic rings. The van der Waals surface area contributed by atoms with Gasteiger partial charge in [0.05, 0.1) is 5.75 Å². The van der Waals surface area contributed by atoms with Gasteiger partial charge in [-0.2, -0.15) is 0 Å². The van der Waals surface area contributed by atoms with Crippen LogP contribution in [-0.2, 0) is 14.3 Å². The first kappa shape index (κ1) is 12.2. The van der Waals surface area contributed by atoms with E-state index < -0.39 is 24.0 Å². The minimum absolute atomic E-state index is 0.114. The van der Waals surface area contributed by atoms with Gasteiger partial charge in [0, 0.05) is 0 Å². The molecule has 0 rings (SSSR count). The molecule has 0 bridgehead atoms. The molecule has 1 unspecified atom stereocenters. The molecule has 0 aromatic heterocycles. The van der Waals surface area contributed by atoms with Gasteiger partial charge in [0.2, 0.25) is 0 Å². The number of carboxylic acid groups (broad SMARTS) is 1. The molecule has 0 aromatic carbocycles. The quantitative estimate of drug-likeness (QED) is 0.475. The van der Waals surface area contributed by atoms with Gasteiger partial charge in [0.25, 0.3) is 0 Å². The zero-order chi connectivity index (χ0) is 10.3. The van der Waals surface area contributed by atoms with E-state index in [1.807, 2.05) is 0 Å². The van der Waals surface area contributed by atoms with Gasteiger partial charge in [-0.3, -0.25) is 4.79 Å². The number of aliphatic hydroxyl groups excluding tert-OH is 1. The van der Waals surface area contributed by atoms with Crippen molar-refractivity contribution in [2.45, 2.75) is 18.8 Å². The molecule has 6 heteroatoms. The van der Waals surface area contributed by atoms with E-state index in [0.717, 1.165) is 11.8 Å². The maximum atomic E-state index is 10.6. The first-order valence-corrected chi connectivity index (χ1v) is 4.78. The largest absolute Gasteiger partial charge is 0.481 e. The highest BCUT2D eigenvalue weighted by molar-refractivity contribution is 8.00. The molecule has 0 aliphatic carbocycles. The number of rotatable bonds is 6. The second kappa shape index (κ2) is 6.73. The average Bonchev–Trinajstić information content (AvgIpc) is 2.11. The first-order valence-electron chi connectivity index (χ1n) is 3.73. The molecule has 0 saturated carbocycles. The van der Waals surface area contributed by atoms with E-state index in [1.54, 1.807) is 6.92 Å². The van der Waals surface area contributed by atoms with E-state index in [0.29, 0.717) is 6.42 Å².